The lowest BCUT2D eigenvalue weighted by molar-refractivity contribution is -0.122. The Hall–Kier alpha value is -2.59. The van der Waals surface area contributed by atoms with Crippen LogP contribution in [0.4, 0.5) is 0 Å². The van der Waals surface area contributed by atoms with Gasteiger partial charge in [0.05, 0.1) is 0 Å². The number of imidazole rings is 1. The molecule has 4 nitrogen and oxygen atoms in total. The van der Waals surface area contributed by atoms with Gasteiger partial charge in [0, 0.05) is 30.9 Å². The SMILES string of the molecule is C[C@@H](CC(=O)N[C@@H](c1ccc(Cl)cc1)c1nccn1C)c1ccccc1. The second-order valence-electron chi connectivity index (χ2n) is 6.46. The number of hydrogen-bond acceptors (Lipinski definition) is 2. The molecule has 26 heavy (non-hydrogen) atoms. The van der Waals surface area contributed by atoms with Gasteiger partial charge in [-0.25, -0.2) is 4.98 Å². The van der Waals surface area contributed by atoms with E-state index in [-0.39, 0.29) is 17.9 Å². The molecule has 3 aromatic rings. The van der Waals surface area contributed by atoms with Crippen molar-refractivity contribution in [3.63, 3.8) is 0 Å². The average molecular weight is 368 g/mol. The van der Waals surface area contributed by atoms with Crippen molar-refractivity contribution in [1.82, 2.24) is 14.9 Å². The number of aromatic nitrogens is 2. The predicted octanol–water partition coefficient (Wildman–Crippen LogP) is 4.47. The van der Waals surface area contributed by atoms with Gasteiger partial charge in [-0.15, -0.1) is 0 Å². The maximum Gasteiger partial charge on any atom is 0.221 e. The summed E-state index contributed by atoms with van der Waals surface area (Å²) in [5.41, 5.74) is 2.10. The van der Waals surface area contributed by atoms with Crippen molar-refractivity contribution < 1.29 is 4.79 Å². The molecule has 134 valence electrons. The Morgan fingerprint density at radius 2 is 1.81 bits per heavy atom. The van der Waals surface area contributed by atoms with Crippen molar-refractivity contribution in [2.75, 3.05) is 0 Å². The number of carbonyl (C=O) groups excluding carboxylic acids is 1. The Labute approximate surface area is 158 Å². The number of halogens is 1. The first kappa shape index (κ1) is 18.2. The quantitative estimate of drug-likeness (QED) is 0.698. The minimum atomic E-state index is -0.317. The maximum atomic E-state index is 12.7. The largest absolute Gasteiger partial charge is 0.342 e. The van der Waals surface area contributed by atoms with Crippen molar-refractivity contribution in [3.8, 4) is 0 Å². The minimum absolute atomic E-state index is 0.00990. The van der Waals surface area contributed by atoms with Crippen LogP contribution in [0.5, 0.6) is 0 Å². The van der Waals surface area contributed by atoms with Gasteiger partial charge in [-0.1, -0.05) is 61.0 Å². The summed E-state index contributed by atoms with van der Waals surface area (Å²) in [5.74, 6) is 0.917. The summed E-state index contributed by atoms with van der Waals surface area (Å²) in [6.07, 6.45) is 4.02. The highest BCUT2D eigenvalue weighted by Gasteiger charge is 2.22. The lowest BCUT2D eigenvalue weighted by Gasteiger charge is -2.20. The van der Waals surface area contributed by atoms with Crippen molar-refractivity contribution in [1.29, 1.82) is 0 Å². The first-order chi connectivity index (χ1) is 12.5. The molecule has 0 aliphatic heterocycles. The molecule has 2 atom stereocenters. The first-order valence-electron chi connectivity index (χ1n) is 8.61. The smallest absolute Gasteiger partial charge is 0.221 e. The van der Waals surface area contributed by atoms with Gasteiger partial charge in [-0.05, 0) is 29.2 Å². The van der Waals surface area contributed by atoms with Gasteiger partial charge in [-0.3, -0.25) is 4.79 Å². The van der Waals surface area contributed by atoms with E-state index in [1.807, 2.05) is 72.4 Å². The minimum Gasteiger partial charge on any atom is -0.342 e. The molecule has 1 amide bonds. The zero-order valence-corrected chi connectivity index (χ0v) is 15.6. The van der Waals surface area contributed by atoms with Gasteiger partial charge < -0.3 is 9.88 Å². The van der Waals surface area contributed by atoms with Gasteiger partial charge in [0.1, 0.15) is 11.9 Å². The summed E-state index contributed by atoms with van der Waals surface area (Å²) in [4.78, 5) is 17.1. The Balaban J connectivity index is 1.78. The molecule has 3 rings (SSSR count). The maximum absolute atomic E-state index is 12.7. The molecule has 0 aliphatic rings. The molecule has 5 heteroatoms. The Morgan fingerprint density at radius 1 is 1.12 bits per heavy atom. The number of carbonyl (C=O) groups is 1. The number of benzene rings is 2. The third-order valence-electron chi connectivity index (χ3n) is 4.49. The van der Waals surface area contributed by atoms with Crippen molar-refractivity contribution >= 4 is 17.5 Å². The van der Waals surface area contributed by atoms with Gasteiger partial charge in [0.25, 0.3) is 0 Å². The number of hydrogen-bond donors (Lipinski definition) is 1. The summed E-state index contributed by atoms with van der Waals surface area (Å²) < 4.78 is 1.92. The molecule has 0 unspecified atom stereocenters. The van der Waals surface area contributed by atoms with Crippen LogP contribution >= 0.6 is 11.6 Å². The molecule has 0 radical (unpaired) electrons. The van der Waals surface area contributed by atoms with Crippen LogP contribution in [0.15, 0.2) is 67.0 Å². The molecule has 1 aromatic heterocycles. The van der Waals surface area contributed by atoms with Crippen LogP contribution in [0.25, 0.3) is 0 Å². The van der Waals surface area contributed by atoms with E-state index in [0.717, 1.165) is 17.0 Å². The van der Waals surface area contributed by atoms with E-state index in [1.54, 1.807) is 6.20 Å². The van der Waals surface area contributed by atoms with Crippen LogP contribution in [0.1, 0.15) is 42.3 Å². The monoisotopic (exact) mass is 367 g/mol. The van der Waals surface area contributed by atoms with E-state index in [0.29, 0.717) is 11.4 Å². The van der Waals surface area contributed by atoms with Crippen LogP contribution in [-0.2, 0) is 11.8 Å². The molecular weight excluding hydrogens is 346 g/mol. The van der Waals surface area contributed by atoms with Gasteiger partial charge in [0.15, 0.2) is 0 Å². The second-order valence-corrected chi connectivity index (χ2v) is 6.90. The van der Waals surface area contributed by atoms with Gasteiger partial charge in [-0.2, -0.15) is 0 Å². The molecule has 0 bridgehead atoms. The molecule has 0 saturated heterocycles. The highest BCUT2D eigenvalue weighted by atomic mass is 35.5. The number of aryl methyl sites for hydroxylation is 1. The zero-order chi connectivity index (χ0) is 18.5. The Bertz CT molecular complexity index is 858. The summed E-state index contributed by atoms with van der Waals surface area (Å²) in [6, 6.07) is 17.2. The summed E-state index contributed by atoms with van der Waals surface area (Å²) in [5, 5.41) is 3.79. The van der Waals surface area contributed by atoms with E-state index in [2.05, 4.69) is 17.2 Å². The first-order valence-corrected chi connectivity index (χ1v) is 8.99. The fraction of sp³-hybridized carbons (Fsp3) is 0.238. The Kier molecular flexibility index (Phi) is 5.74. The summed E-state index contributed by atoms with van der Waals surface area (Å²) >= 11 is 6.01. The van der Waals surface area contributed by atoms with E-state index in [9.17, 15) is 4.79 Å². The third kappa shape index (κ3) is 4.33. The molecule has 2 aromatic carbocycles. The van der Waals surface area contributed by atoms with Gasteiger partial charge in [0.2, 0.25) is 5.91 Å². The number of nitrogens with zero attached hydrogens (tertiary/aromatic N) is 2. The predicted molar refractivity (Wildman–Crippen MR) is 104 cm³/mol. The fourth-order valence-electron chi connectivity index (χ4n) is 3.00. The number of nitrogens with one attached hydrogen (secondary N) is 1. The lowest BCUT2D eigenvalue weighted by atomic mass is 9.97. The van der Waals surface area contributed by atoms with Gasteiger partial charge >= 0.3 is 0 Å². The Morgan fingerprint density at radius 3 is 2.42 bits per heavy atom. The molecule has 0 saturated carbocycles. The third-order valence-corrected chi connectivity index (χ3v) is 4.74. The lowest BCUT2D eigenvalue weighted by Crippen LogP contribution is -2.31. The van der Waals surface area contributed by atoms with Crippen molar-refractivity contribution in [2.45, 2.75) is 25.3 Å². The van der Waals surface area contributed by atoms with Crippen LogP contribution in [0.3, 0.4) is 0 Å². The highest BCUT2D eigenvalue weighted by molar-refractivity contribution is 6.30. The molecular formula is C21H22ClN3O. The molecule has 0 aliphatic carbocycles. The van der Waals surface area contributed by atoms with E-state index >= 15 is 0 Å². The second kappa shape index (κ2) is 8.19. The number of amides is 1. The zero-order valence-electron chi connectivity index (χ0n) is 14.9. The van der Waals surface area contributed by atoms with E-state index in [4.69, 9.17) is 11.6 Å². The van der Waals surface area contributed by atoms with Crippen LogP contribution < -0.4 is 5.32 Å². The molecule has 1 N–H and O–H groups in total. The number of rotatable bonds is 6. The molecule has 0 spiro atoms. The topological polar surface area (TPSA) is 46.9 Å². The van der Waals surface area contributed by atoms with Crippen molar-refractivity contribution in [3.05, 3.63) is 89.0 Å². The molecule has 1 heterocycles. The molecule has 0 fully saturated rings. The van der Waals surface area contributed by atoms with E-state index in [1.165, 1.54) is 0 Å². The van der Waals surface area contributed by atoms with Crippen LogP contribution in [-0.4, -0.2) is 15.5 Å². The average Bonchev–Trinajstić information content (AvgIpc) is 3.07. The standard InChI is InChI=1S/C21H22ClN3O/c1-15(16-6-4-3-5-7-16)14-19(26)24-20(21-23-12-13-25(21)2)17-8-10-18(22)11-9-17/h3-13,15,20H,14H2,1-2H3,(H,24,26)/t15-,20-/m0/s1. The van der Waals surface area contributed by atoms with Crippen LogP contribution in [0.2, 0.25) is 5.02 Å². The summed E-state index contributed by atoms with van der Waals surface area (Å²) in [6.45, 7) is 2.06. The van der Waals surface area contributed by atoms with Crippen molar-refractivity contribution in [2.24, 2.45) is 7.05 Å². The van der Waals surface area contributed by atoms with Crippen LogP contribution in [0, 0.1) is 0 Å². The summed E-state index contributed by atoms with van der Waals surface area (Å²) in [7, 11) is 1.92. The normalized spacial score (nSPS) is 13.2. The van der Waals surface area contributed by atoms with E-state index < -0.39 is 0 Å². The fourth-order valence-corrected chi connectivity index (χ4v) is 3.13. The highest BCUT2D eigenvalue weighted by Crippen LogP contribution is 2.24.